The van der Waals surface area contributed by atoms with E-state index in [-0.39, 0.29) is 18.0 Å². The normalized spacial score (nSPS) is 31.4. The molecule has 0 aliphatic carbocycles. The van der Waals surface area contributed by atoms with Gasteiger partial charge in [-0.2, -0.15) is 0 Å². The minimum absolute atomic E-state index is 0.0950. The van der Waals surface area contributed by atoms with Crippen LogP contribution in [0, 0.1) is 0 Å². The highest BCUT2D eigenvalue weighted by Gasteiger charge is 2.21. The molecule has 0 radical (unpaired) electrons. The molecule has 0 spiro atoms. The van der Waals surface area contributed by atoms with Crippen molar-refractivity contribution in [3.63, 3.8) is 0 Å². The van der Waals surface area contributed by atoms with Crippen molar-refractivity contribution in [1.29, 1.82) is 0 Å². The summed E-state index contributed by atoms with van der Waals surface area (Å²) in [6.07, 6.45) is 2.71. The molecule has 0 saturated carbocycles. The van der Waals surface area contributed by atoms with Crippen LogP contribution in [0.5, 0.6) is 0 Å². The zero-order chi connectivity index (χ0) is 8.43. The van der Waals surface area contributed by atoms with E-state index in [0.29, 0.717) is 0 Å². The SMILES string of the molecule is CC(=O)[C@@H]1CC(C)=C[C@@H](C)O1. The minimum atomic E-state index is -0.199. The van der Waals surface area contributed by atoms with E-state index in [1.165, 1.54) is 5.57 Å². The predicted molar refractivity (Wildman–Crippen MR) is 43.4 cm³/mol. The van der Waals surface area contributed by atoms with Gasteiger partial charge < -0.3 is 4.74 Å². The number of carbonyl (C=O) groups excluding carboxylic acids is 1. The summed E-state index contributed by atoms with van der Waals surface area (Å²) in [6, 6.07) is 0. The highest BCUT2D eigenvalue weighted by atomic mass is 16.5. The summed E-state index contributed by atoms with van der Waals surface area (Å²) in [4.78, 5) is 10.9. The number of hydrogen-bond acceptors (Lipinski definition) is 2. The standard InChI is InChI=1S/C9H14O2/c1-6-4-7(2)11-9(5-6)8(3)10/h4,7,9H,5H2,1-3H3/t7-,9+/m1/s1. The molecular weight excluding hydrogens is 140 g/mol. The first-order valence-electron chi connectivity index (χ1n) is 3.93. The molecule has 0 aromatic heterocycles. The van der Waals surface area contributed by atoms with E-state index < -0.39 is 0 Å². The molecule has 0 unspecified atom stereocenters. The Morgan fingerprint density at radius 2 is 2.36 bits per heavy atom. The number of rotatable bonds is 1. The Bertz CT molecular complexity index is 194. The Labute approximate surface area is 67.2 Å². The molecular formula is C9H14O2. The maximum atomic E-state index is 10.9. The van der Waals surface area contributed by atoms with Crippen molar-refractivity contribution < 1.29 is 9.53 Å². The number of hydrogen-bond donors (Lipinski definition) is 0. The second-order valence-electron chi connectivity index (χ2n) is 3.16. The molecule has 1 aliphatic rings. The van der Waals surface area contributed by atoms with Gasteiger partial charge in [-0.25, -0.2) is 0 Å². The van der Waals surface area contributed by atoms with Gasteiger partial charge in [-0.05, 0) is 20.8 Å². The number of ketones is 1. The summed E-state index contributed by atoms with van der Waals surface area (Å²) in [5.41, 5.74) is 1.25. The Kier molecular flexibility index (Phi) is 2.45. The van der Waals surface area contributed by atoms with Crippen molar-refractivity contribution in [3.8, 4) is 0 Å². The fourth-order valence-corrected chi connectivity index (χ4v) is 1.35. The number of ether oxygens (including phenoxy) is 1. The molecule has 2 atom stereocenters. The van der Waals surface area contributed by atoms with Gasteiger partial charge in [0.25, 0.3) is 0 Å². The molecule has 1 heterocycles. The summed E-state index contributed by atoms with van der Waals surface area (Å²) in [7, 11) is 0. The Balaban J connectivity index is 2.64. The van der Waals surface area contributed by atoms with Crippen molar-refractivity contribution >= 4 is 5.78 Å². The van der Waals surface area contributed by atoms with Gasteiger partial charge in [0, 0.05) is 6.42 Å². The first kappa shape index (κ1) is 8.47. The van der Waals surface area contributed by atoms with E-state index in [1.807, 2.05) is 13.8 Å². The summed E-state index contributed by atoms with van der Waals surface area (Å²) in [5, 5.41) is 0. The van der Waals surface area contributed by atoms with Gasteiger partial charge >= 0.3 is 0 Å². The number of Topliss-reactive ketones (excluding diaryl/α,β-unsaturated/α-hetero) is 1. The summed E-state index contributed by atoms with van der Waals surface area (Å²) in [5.74, 6) is 0.129. The molecule has 0 N–H and O–H groups in total. The van der Waals surface area contributed by atoms with Crippen LogP contribution in [0.15, 0.2) is 11.6 Å². The lowest BCUT2D eigenvalue weighted by Gasteiger charge is -2.24. The Hall–Kier alpha value is -0.630. The van der Waals surface area contributed by atoms with Crippen LogP contribution in [0.2, 0.25) is 0 Å². The summed E-state index contributed by atoms with van der Waals surface area (Å²) < 4.78 is 5.39. The third-order valence-electron chi connectivity index (χ3n) is 1.86. The van der Waals surface area contributed by atoms with Crippen LogP contribution >= 0.6 is 0 Å². The quantitative estimate of drug-likeness (QED) is 0.537. The Morgan fingerprint density at radius 1 is 1.73 bits per heavy atom. The van der Waals surface area contributed by atoms with Gasteiger partial charge in [0.1, 0.15) is 6.10 Å². The zero-order valence-electron chi connectivity index (χ0n) is 7.26. The van der Waals surface area contributed by atoms with Crippen LogP contribution in [0.25, 0.3) is 0 Å². The molecule has 1 aliphatic heterocycles. The van der Waals surface area contributed by atoms with E-state index in [1.54, 1.807) is 6.92 Å². The predicted octanol–water partition coefficient (Wildman–Crippen LogP) is 1.70. The topological polar surface area (TPSA) is 26.3 Å². The molecule has 0 bridgehead atoms. The molecule has 0 fully saturated rings. The molecule has 62 valence electrons. The lowest BCUT2D eigenvalue weighted by Crippen LogP contribution is -2.29. The third-order valence-corrected chi connectivity index (χ3v) is 1.86. The lowest BCUT2D eigenvalue weighted by atomic mass is 10.0. The summed E-state index contributed by atoms with van der Waals surface area (Å²) >= 11 is 0. The lowest BCUT2D eigenvalue weighted by molar-refractivity contribution is -0.130. The van der Waals surface area contributed by atoms with Crippen LogP contribution < -0.4 is 0 Å². The van der Waals surface area contributed by atoms with Crippen LogP contribution in [-0.4, -0.2) is 18.0 Å². The van der Waals surface area contributed by atoms with E-state index in [4.69, 9.17) is 4.74 Å². The van der Waals surface area contributed by atoms with Crippen LogP contribution in [0.4, 0.5) is 0 Å². The third kappa shape index (κ3) is 2.15. The smallest absolute Gasteiger partial charge is 0.158 e. The fraction of sp³-hybridized carbons (Fsp3) is 0.667. The molecule has 11 heavy (non-hydrogen) atoms. The van der Waals surface area contributed by atoms with Gasteiger partial charge in [-0.15, -0.1) is 0 Å². The van der Waals surface area contributed by atoms with Gasteiger partial charge in [-0.1, -0.05) is 11.6 Å². The van der Waals surface area contributed by atoms with E-state index >= 15 is 0 Å². The van der Waals surface area contributed by atoms with Crippen LogP contribution in [-0.2, 0) is 9.53 Å². The minimum Gasteiger partial charge on any atom is -0.363 e. The second-order valence-corrected chi connectivity index (χ2v) is 3.16. The van der Waals surface area contributed by atoms with Gasteiger partial charge in [-0.3, -0.25) is 4.79 Å². The van der Waals surface area contributed by atoms with Gasteiger partial charge in [0.05, 0.1) is 6.10 Å². The summed E-state index contributed by atoms with van der Waals surface area (Å²) in [6.45, 7) is 5.57. The van der Waals surface area contributed by atoms with Crippen molar-refractivity contribution in [2.45, 2.75) is 39.4 Å². The van der Waals surface area contributed by atoms with Gasteiger partial charge in [0.2, 0.25) is 0 Å². The average Bonchev–Trinajstić information content (AvgIpc) is 1.85. The van der Waals surface area contributed by atoms with Crippen LogP contribution in [0.1, 0.15) is 27.2 Å². The zero-order valence-corrected chi connectivity index (χ0v) is 7.26. The molecule has 0 aromatic rings. The van der Waals surface area contributed by atoms with Gasteiger partial charge in [0.15, 0.2) is 5.78 Å². The van der Waals surface area contributed by atoms with Crippen LogP contribution in [0.3, 0.4) is 0 Å². The monoisotopic (exact) mass is 154 g/mol. The largest absolute Gasteiger partial charge is 0.363 e. The van der Waals surface area contributed by atoms with Crippen molar-refractivity contribution in [1.82, 2.24) is 0 Å². The first-order chi connectivity index (χ1) is 5.09. The van der Waals surface area contributed by atoms with E-state index in [2.05, 4.69) is 6.08 Å². The number of carbonyl (C=O) groups is 1. The van der Waals surface area contributed by atoms with E-state index in [9.17, 15) is 4.79 Å². The maximum absolute atomic E-state index is 10.9. The van der Waals surface area contributed by atoms with Crippen molar-refractivity contribution in [2.75, 3.05) is 0 Å². The molecule has 0 amide bonds. The highest BCUT2D eigenvalue weighted by molar-refractivity contribution is 5.80. The maximum Gasteiger partial charge on any atom is 0.158 e. The van der Waals surface area contributed by atoms with Crippen molar-refractivity contribution in [2.24, 2.45) is 0 Å². The Morgan fingerprint density at radius 3 is 2.82 bits per heavy atom. The van der Waals surface area contributed by atoms with Crippen molar-refractivity contribution in [3.05, 3.63) is 11.6 Å². The van der Waals surface area contributed by atoms with E-state index in [0.717, 1.165) is 6.42 Å². The molecule has 2 nitrogen and oxygen atoms in total. The fourth-order valence-electron chi connectivity index (χ4n) is 1.35. The molecule has 2 heteroatoms. The molecule has 0 saturated heterocycles. The average molecular weight is 154 g/mol. The second kappa shape index (κ2) is 3.18. The first-order valence-corrected chi connectivity index (χ1v) is 3.93. The molecule has 1 rings (SSSR count). The highest BCUT2D eigenvalue weighted by Crippen LogP contribution is 2.18. The molecule has 0 aromatic carbocycles.